The van der Waals surface area contributed by atoms with Gasteiger partial charge in [0.2, 0.25) is 0 Å². The Morgan fingerprint density at radius 3 is 1.83 bits per heavy atom. The summed E-state index contributed by atoms with van der Waals surface area (Å²) < 4.78 is 1.19. The van der Waals surface area contributed by atoms with Crippen molar-refractivity contribution in [2.75, 3.05) is 0 Å². The van der Waals surface area contributed by atoms with E-state index < -0.39 is 0 Å². The van der Waals surface area contributed by atoms with E-state index in [9.17, 15) is 0 Å². The highest BCUT2D eigenvalue weighted by Gasteiger charge is 2.06. The SMILES string of the molecule is [MgH][CH]1CCCC1. The molecule has 0 atom stereocenters. The molecule has 32 valence electrons. The van der Waals surface area contributed by atoms with Gasteiger partial charge in [-0.15, -0.1) is 4.05 Å². The molecule has 6 heavy (non-hydrogen) atoms. The lowest BCUT2D eigenvalue weighted by molar-refractivity contribution is 0.880. The van der Waals surface area contributed by atoms with E-state index in [1.54, 1.807) is 12.8 Å². The van der Waals surface area contributed by atoms with Crippen molar-refractivity contribution in [2.24, 2.45) is 0 Å². The molecular weight excluding hydrogens is 84.4 g/mol. The molecule has 0 radical (unpaired) electrons. The highest BCUT2D eigenvalue weighted by molar-refractivity contribution is 6.11. The van der Waals surface area contributed by atoms with Crippen molar-refractivity contribution in [3.63, 3.8) is 0 Å². The molecule has 0 spiro atoms. The zero-order chi connectivity index (χ0) is 4.41. The van der Waals surface area contributed by atoms with Crippen LogP contribution in [0.1, 0.15) is 25.7 Å². The molecule has 0 heterocycles. The first kappa shape index (κ1) is 4.91. The van der Waals surface area contributed by atoms with E-state index in [0.29, 0.717) is 0 Å². The minimum Gasteiger partial charge on any atom is -0.141 e. The van der Waals surface area contributed by atoms with Gasteiger partial charge in [-0.05, 0) is 0 Å². The van der Waals surface area contributed by atoms with Gasteiger partial charge in [-0.25, -0.2) is 0 Å². The molecule has 0 amide bonds. The average Bonchev–Trinajstić information content (AvgIpc) is 1.86. The van der Waals surface area contributed by atoms with Crippen molar-refractivity contribution >= 4 is 21.7 Å². The summed E-state index contributed by atoms with van der Waals surface area (Å²) in [6.07, 6.45) is 6.14. The van der Waals surface area contributed by atoms with Gasteiger partial charge in [0.25, 0.3) is 0 Å². The second kappa shape index (κ2) is 2.17. The van der Waals surface area contributed by atoms with Gasteiger partial charge in [0, 0.05) is 0 Å². The van der Waals surface area contributed by atoms with Crippen molar-refractivity contribution in [3.8, 4) is 0 Å². The van der Waals surface area contributed by atoms with Crippen LogP contribution in [0.5, 0.6) is 0 Å². The highest BCUT2D eigenvalue weighted by atomic mass is 24.4. The smallest absolute Gasteiger partial charge is 0.141 e. The third-order valence-corrected chi connectivity index (χ3v) is 2.80. The first-order valence-electron chi connectivity index (χ1n) is 2.89. The maximum absolute atomic E-state index is 1.55. The molecule has 1 rings (SSSR count). The first-order valence-corrected chi connectivity index (χ1v) is 4.05. The van der Waals surface area contributed by atoms with Crippen LogP contribution in [-0.2, 0) is 0 Å². The molecule has 1 aliphatic carbocycles. The van der Waals surface area contributed by atoms with Gasteiger partial charge >= 0.3 is 21.7 Å². The lowest BCUT2D eigenvalue weighted by Crippen LogP contribution is -1.77. The van der Waals surface area contributed by atoms with Gasteiger partial charge in [-0.2, -0.15) is 0 Å². The minimum atomic E-state index is 1.19. The molecule has 1 heteroatoms. The Hall–Kier alpha value is 0.766. The molecule has 0 aromatic heterocycles. The fourth-order valence-electron chi connectivity index (χ4n) is 1.13. The molecule has 0 bridgehead atoms. The van der Waals surface area contributed by atoms with Gasteiger partial charge in [-0.1, -0.05) is 25.7 Å². The van der Waals surface area contributed by atoms with Gasteiger partial charge in [-0.3, -0.25) is 0 Å². The topological polar surface area (TPSA) is 0 Å². The quantitative estimate of drug-likeness (QED) is 0.396. The number of hydrogen-bond acceptors (Lipinski definition) is 0. The van der Waals surface area contributed by atoms with Crippen molar-refractivity contribution in [1.29, 1.82) is 0 Å². The normalized spacial score (nSPS) is 25.2. The van der Waals surface area contributed by atoms with Crippen molar-refractivity contribution in [1.82, 2.24) is 0 Å². The Morgan fingerprint density at radius 2 is 1.67 bits per heavy atom. The van der Waals surface area contributed by atoms with Crippen LogP contribution >= 0.6 is 0 Å². The van der Waals surface area contributed by atoms with Crippen LogP contribution in [0.25, 0.3) is 0 Å². The molecule has 0 nitrogen and oxygen atoms in total. The summed E-state index contributed by atoms with van der Waals surface area (Å²) >= 11 is 1.45. The molecule has 0 saturated heterocycles. The molecule has 1 aliphatic rings. The van der Waals surface area contributed by atoms with E-state index in [0.717, 1.165) is 0 Å². The minimum absolute atomic E-state index is 1.19. The van der Waals surface area contributed by atoms with E-state index in [4.69, 9.17) is 0 Å². The Morgan fingerprint density at radius 1 is 1.17 bits per heavy atom. The second-order valence-electron chi connectivity index (χ2n) is 2.39. The van der Waals surface area contributed by atoms with Crippen LogP contribution in [-0.4, -0.2) is 21.7 Å². The third kappa shape index (κ3) is 1.12. The van der Waals surface area contributed by atoms with Gasteiger partial charge in [0.05, 0.1) is 0 Å². The van der Waals surface area contributed by atoms with E-state index in [1.165, 1.54) is 38.6 Å². The second-order valence-corrected chi connectivity index (χ2v) is 4.02. The van der Waals surface area contributed by atoms with Crippen LogP contribution in [0.2, 0.25) is 4.05 Å². The van der Waals surface area contributed by atoms with Crippen molar-refractivity contribution in [3.05, 3.63) is 0 Å². The summed E-state index contributed by atoms with van der Waals surface area (Å²) in [5.74, 6) is 0. The summed E-state index contributed by atoms with van der Waals surface area (Å²) in [7, 11) is 0. The fourth-order valence-corrected chi connectivity index (χ4v) is 1.95. The van der Waals surface area contributed by atoms with Crippen LogP contribution in [0.3, 0.4) is 0 Å². The van der Waals surface area contributed by atoms with E-state index in [-0.39, 0.29) is 0 Å². The first-order chi connectivity index (χ1) is 2.89. The summed E-state index contributed by atoms with van der Waals surface area (Å²) in [6.45, 7) is 0. The third-order valence-electron chi connectivity index (χ3n) is 1.64. The molecular formula is C5H10Mg. The standard InChI is InChI=1S/C5H9.Mg.H/c1-2-4-5-3-1;;/h1H,2-5H2;;. The maximum Gasteiger partial charge on any atom is 0.344 e. The zero-order valence-corrected chi connectivity index (χ0v) is 6.41. The molecule has 0 N–H and O–H groups in total. The highest BCUT2D eigenvalue weighted by Crippen LogP contribution is 2.26. The summed E-state index contributed by atoms with van der Waals surface area (Å²) in [4.78, 5) is 0. The maximum atomic E-state index is 1.55. The summed E-state index contributed by atoms with van der Waals surface area (Å²) in [6, 6.07) is 0. The Labute approximate surface area is 51.7 Å². The van der Waals surface area contributed by atoms with E-state index in [2.05, 4.69) is 0 Å². The van der Waals surface area contributed by atoms with Crippen LogP contribution in [0.4, 0.5) is 0 Å². The number of rotatable bonds is 0. The van der Waals surface area contributed by atoms with Crippen LogP contribution in [0, 0.1) is 0 Å². The van der Waals surface area contributed by atoms with Crippen molar-refractivity contribution in [2.45, 2.75) is 29.7 Å². The van der Waals surface area contributed by atoms with Crippen molar-refractivity contribution < 1.29 is 0 Å². The summed E-state index contributed by atoms with van der Waals surface area (Å²) in [5.41, 5.74) is 0. The average molecular weight is 94.4 g/mol. The van der Waals surface area contributed by atoms with Gasteiger partial charge < -0.3 is 0 Å². The largest absolute Gasteiger partial charge is 0.344 e. The predicted molar refractivity (Wildman–Crippen MR) is 29.4 cm³/mol. The molecule has 0 aliphatic heterocycles. The van der Waals surface area contributed by atoms with E-state index in [1.807, 2.05) is 0 Å². The number of hydrogen-bond donors (Lipinski definition) is 0. The Balaban J connectivity index is 2.18. The zero-order valence-electron chi connectivity index (χ0n) is 4.41. The van der Waals surface area contributed by atoms with Gasteiger partial charge in [0.15, 0.2) is 0 Å². The monoisotopic (exact) mass is 94.1 g/mol. The molecule has 1 saturated carbocycles. The Bertz CT molecular complexity index is 37.2. The lowest BCUT2D eigenvalue weighted by atomic mass is 10.4. The molecule has 0 aromatic carbocycles. The lowest BCUT2D eigenvalue weighted by Gasteiger charge is -1.92. The predicted octanol–water partition coefficient (Wildman–Crippen LogP) is 1.25. The molecule has 0 unspecified atom stereocenters. The van der Waals surface area contributed by atoms with E-state index >= 15 is 0 Å². The van der Waals surface area contributed by atoms with Gasteiger partial charge in [0.1, 0.15) is 0 Å². The fraction of sp³-hybridized carbons (Fsp3) is 1.00. The molecule has 0 aromatic rings. The summed E-state index contributed by atoms with van der Waals surface area (Å²) in [5, 5.41) is 0. The van der Waals surface area contributed by atoms with Crippen LogP contribution < -0.4 is 0 Å². The molecule has 1 fully saturated rings. The Kier molecular flexibility index (Phi) is 1.78. The van der Waals surface area contributed by atoms with Crippen LogP contribution in [0.15, 0.2) is 0 Å².